The number of carbonyl (C=O) groups is 2. The third kappa shape index (κ3) is 3.00. The lowest BCUT2D eigenvalue weighted by Crippen LogP contribution is -2.42. The van der Waals surface area contributed by atoms with E-state index in [0.29, 0.717) is 17.5 Å². The van der Waals surface area contributed by atoms with Gasteiger partial charge in [0.1, 0.15) is 11.7 Å². The quantitative estimate of drug-likeness (QED) is 0.912. The summed E-state index contributed by atoms with van der Waals surface area (Å²) in [6.07, 6.45) is 2.68. The van der Waals surface area contributed by atoms with Gasteiger partial charge in [0, 0.05) is 19.3 Å². The van der Waals surface area contributed by atoms with Gasteiger partial charge < -0.3 is 10.0 Å². The lowest BCUT2D eigenvalue weighted by molar-refractivity contribution is -0.140. The monoisotopic (exact) mass is 279 g/mol. The summed E-state index contributed by atoms with van der Waals surface area (Å²) in [6.45, 7) is 7.30. The first kappa shape index (κ1) is 14.6. The first-order valence-corrected chi connectivity index (χ1v) is 6.95. The topological polar surface area (TPSA) is 75.4 Å². The molecule has 0 saturated carbocycles. The minimum atomic E-state index is -0.965. The van der Waals surface area contributed by atoms with E-state index in [1.807, 2.05) is 4.90 Å². The molecule has 0 aromatic carbocycles. The molecule has 1 fully saturated rings. The van der Waals surface area contributed by atoms with Crippen LogP contribution in [0.2, 0.25) is 0 Å². The zero-order valence-electron chi connectivity index (χ0n) is 12.1. The molecule has 2 heterocycles. The minimum Gasteiger partial charge on any atom is -0.480 e. The number of carboxylic acids is 1. The van der Waals surface area contributed by atoms with Crippen LogP contribution in [0.5, 0.6) is 0 Å². The molecule has 6 nitrogen and oxygen atoms in total. The standard InChI is InChI=1S/C14H21N3O3/c1-9-6-10(2)8-16(7-9)13(18)12-4-5-17(15-12)11(3)14(19)20/h4-5,9-11H,6-8H2,1-3H3,(H,19,20). The van der Waals surface area contributed by atoms with E-state index < -0.39 is 12.0 Å². The average molecular weight is 279 g/mol. The molecule has 1 aromatic rings. The fourth-order valence-corrected chi connectivity index (χ4v) is 2.77. The third-order valence-electron chi connectivity index (χ3n) is 3.74. The molecule has 3 unspecified atom stereocenters. The molecule has 110 valence electrons. The van der Waals surface area contributed by atoms with Gasteiger partial charge in [0.05, 0.1) is 0 Å². The van der Waals surface area contributed by atoms with Crippen molar-refractivity contribution < 1.29 is 14.7 Å². The van der Waals surface area contributed by atoms with Crippen LogP contribution in [-0.2, 0) is 4.79 Å². The van der Waals surface area contributed by atoms with Crippen LogP contribution in [0, 0.1) is 11.8 Å². The van der Waals surface area contributed by atoms with Crippen LogP contribution in [0.4, 0.5) is 0 Å². The fraction of sp³-hybridized carbons (Fsp3) is 0.643. The summed E-state index contributed by atoms with van der Waals surface area (Å²) < 4.78 is 1.31. The fourth-order valence-electron chi connectivity index (χ4n) is 2.77. The predicted molar refractivity (Wildman–Crippen MR) is 73.4 cm³/mol. The van der Waals surface area contributed by atoms with Crippen molar-refractivity contribution in [1.82, 2.24) is 14.7 Å². The highest BCUT2D eigenvalue weighted by atomic mass is 16.4. The number of nitrogens with zero attached hydrogens (tertiary/aromatic N) is 3. The molecule has 0 bridgehead atoms. The van der Waals surface area contributed by atoms with Gasteiger partial charge in [-0.05, 0) is 31.2 Å². The van der Waals surface area contributed by atoms with E-state index in [2.05, 4.69) is 18.9 Å². The van der Waals surface area contributed by atoms with Crippen LogP contribution >= 0.6 is 0 Å². The lowest BCUT2D eigenvalue weighted by atomic mass is 9.92. The summed E-state index contributed by atoms with van der Waals surface area (Å²) >= 11 is 0. The second kappa shape index (κ2) is 5.64. The van der Waals surface area contributed by atoms with Crippen molar-refractivity contribution in [2.24, 2.45) is 11.8 Å². The van der Waals surface area contributed by atoms with Crippen LogP contribution < -0.4 is 0 Å². The molecule has 20 heavy (non-hydrogen) atoms. The Morgan fingerprint density at radius 1 is 1.35 bits per heavy atom. The Labute approximate surface area is 118 Å². The highest BCUT2D eigenvalue weighted by Crippen LogP contribution is 2.22. The van der Waals surface area contributed by atoms with E-state index >= 15 is 0 Å². The van der Waals surface area contributed by atoms with E-state index in [9.17, 15) is 9.59 Å². The van der Waals surface area contributed by atoms with E-state index in [1.54, 1.807) is 12.3 Å². The van der Waals surface area contributed by atoms with E-state index in [4.69, 9.17) is 5.11 Å². The second-order valence-corrected chi connectivity index (χ2v) is 5.85. The van der Waals surface area contributed by atoms with Gasteiger partial charge in [0.15, 0.2) is 0 Å². The maximum Gasteiger partial charge on any atom is 0.328 e. The highest BCUT2D eigenvalue weighted by Gasteiger charge is 2.27. The van der Waals surface area contributed by atoms with Gasteiger partial charge in [-0.3, -0.25) is 9.48 Å². The second-order valence-electron chi connectivity index (χ2n) is 5.85. The molecule has 1 aliphatic heterocycles. The van der Waals surface area contributed by atoms with Gasteiger partial charge in [0.25, 0.3) is 5.91 Å². The first-order valence-electron chi connectivity index (χ1n) is 6.95. The molecule has 1 aliphatic rings. The van der Waals surface area contributed by atoms with Crippen molar-refractivity contribution in [2.45, 2.75) is 33.2 Å². The van der Waals surface area contributed by atoms with Gasteiger partial charge in [-0.25, -0.2) is 4.79 Å². The van der Waals surface area contributed by atoms with Crippen molar-refractivity contribution in [3.63, 3.8) is 0 Å². The maximum atomic E-state index is 12.4. The molecule has 3 atom stereocenters. The van der Waals surface area contributed by atoms with Crippen molar-refractivity contribution in [1.29, 1.82) is 0 Å². The molecule has 1 amide bonds. The van der Waals surface area contributed by atoms with Crippen LogP contribution in [0.15, 0.2) is 12.3 Å². The van der Waals surface area contributed by atoms with Crippen molar-refractivity contribution in [3.8, 4) is 0 Å². The van der Waals surface area contributed by atoms with Crippen LogP contribution in [-0.4, -0.2) is 44.8 Å². The Bertz CT molecular complexity index is 502. The van der Waals surface area contributed by atoms with Gasteiger partial charge >= 0.3 is 5.97 Å². The Morgan fingerprint density at radius 3 is 2.50 bits per heavy atom. The van der Waals surface area contributed by atoms with E-state index in [1.165, 1.54) is 11.6 Å². The number of hydrogen-bond donors (Lipinski definition) is 1. The molecular formula is C14H21N3O3. The summed E-state index contributed by atoms with van der Waals surface area (Å²) in [5.41, 5.74) is 0.319. The highest BCUT2D eigenvalue weighted by molar-refractivity contribution is 5.92. The van der Waals surface area contributed by atoms with Gasteiger partial charge in [-0.15, -0.1) is 0 Å². The van der Waals surface area contributed by atoms with Gasteiger partial charge in [0.2, 0.25) is 0 Å². The summed E-state index contributed by atoms with van der Waals surface area (Å²) in [6, 6.07) is 0.821. The molecule has 0 aliphatic carbocycles. The number of piperidine rings is 1. The number of carbonyl (C=O) groups excluding carboxylic acids is 1. The molecule has 6 heteroatoms. The summed E-state index contributed by atoms with van der Waals surface area (Å²) in [7, 11) is 0. The Hall–Kier alpha value is -1.85. The molecule has 0 spiro atoms. The Morgan fingerprint density at radius 2 is 1.95 bits per heavy atom. The zero-order valence-corrected chi connectivity index (χ0v) is 12.1. The van der Waals surface area contributed by atoms with Crippen molar-refractivity contribution in [2.75, 3.05) is 13.1 Å². The molecule has 1 saturated heterocycles. The molecular weight excluding hydrogens is 258 g/mol. The van der Waals surface area contributed by atoms with Crippen LogP contribution in [0.1, 0.15) is 43.7 Å². The number of hydrogen-bond acceptors (Lipinski definition) is 3. The zero-order chi connectivity index (χ0) is 14.9. The van der Waals surface area contributed by atoms with Gasteiger partial charge in [-0.2, -0.15) is 5.10 Å². The maximum absolute atomic E-state index is 12.4. The SMILES string of the molecule is CC1CC(C)CN(C(=O)c2ccn(C(C)C(=O)O)n2)C1. The molecule has 0 radical (unpaired) electrons. The summed E-state index contributed by atoms with van der Waals surface area (Å²) in [4.78, 5) is 25.1. The van der Waals surface area contributed by atoms with E-state index in [-0.39, 0.29) is 5.91 Å². The van der Waals surface area contributed by atoms with Crippen molar-refractivity contribution >= 4 is 11.9 Å². The lowest BCUT2D eigenvalue weighted by Gasteiger charge is -2.34. The summed E-state index contributed by atoms with van der Waals surface area (Å²) in [5, 5.41) is 13.0. The van der Waals surface area contributed by atoms with E-state index in [0.717, 1.165) is 19.5 Å². The number of aromatic nitrogens is 2. The van der Waals surface area contributed by atoms with Crippen LogP contribution in [0.25, 0.3) is 0 Å². The molecule has 1 N–H and O–H groups in total. The smallest absolute Gasteiger partial charge is 0.328 e. The van der Waals surface area contributed by atoms with Crippen molar-refractivity contribution in [3.05, 3.63) is 18.0 Å². The van der Waals surface area contributed by atoms with Gasteiger partial charge in [-0.1, -0.05) is 13.8 Å². The molecule has 1 aromatic heterocycles. The largest absolute Gasteiger partial charge is 0.480 e. The average Bonchev–Trinajstić information content (AvgIpc) is 2.85. The first-order chi connectivity index (χ1) is 9.38. The number of carboxylic acid groups (broad SMARTS) is 1. The predicted octanol–water partition coefficient (Wildman–Crippen LogP) is 1.65. The Balaban J connectivity index is 2.11. The normalized spacial score (nSPS) is 24.4. The minimum absolute atomic E-state index is 0.111. The number of likely N-dealkylation sites (tertiary alicyclic amines) is 1. The Kier molecular flexibility index (Phi) is 4.11. The van der Waals surface area contributed by atoms with Crippen LogP contribution in [0.3, 0.4) is 0 Å². The number of aliphatic carboxylic acids is 1. The number of rotatable bonds is 3. The third-order valence-corrected chi connectivity index (χ3v) is 3.74. The molecule has 2 rings (SSSR count). The summed E-state index contributed by atoms with van der Waals surface area (Å²) in [5.74, 6) is -0.0995. The number of amides is 1.